The Morgan fingerprint density at radius 1 is 0.649 bits per heavy atom. The van der Waals surface area contributed by atoms with Crippen molar-refractivity contribution in [1.82, 2.24) is 0 Å². The van der Waals surface area contributed by atoms with E-state index in [0.29, 0.717) is 17.4 Å². The van der Waals surface area contributed by atoms with Crippen LogP contribution in [-0.2, 0) is 11.8 Å². The maximum atomic E-state index is 10.8. The molecule has 0 amide bonds. The molecule has 11 atom stereocenters. The number of phenols is 2. The average Bonchev–Trinajstić information content (AvgIpc) is 3.70. The van der Waals surface area contributed by atoms with Crippen LogP contribution in [0.15, 0.2) is 48.5 Å². The van der Waals surface area contributed by atoms with Crippen LogP contribution in [0.1, 0.15) is 81.8 Å². The second-order valence-corrected chi connectivity index (χ2v) is 14.4. The van der Waals surface area contributed by atoms with Crippen LogP contribution in [0.25, 0.3) is 0 Å². The van der Waals surface area contributed by atoms with Gasteiger partial charge in [-0.3, -0.25) is 0 Å². The van der Waals surface area contributed by atoms with Crippen molar-refractivity contribution in [1.29, 1.82) is 0 Å². The average molecular weight is 497 g/mol. The minimum Gasteiger partial charge on any atom is -0.508 e. The summed E-state index contributed by atoms with van der Waals surface area (Å²) in [6.07, 6.45) is 16.8. The number of benzene rings is 2. The lowest BCUT2D eigenvalue weighted by Gasteiger charge is -2.49. The highest BCUT2D eigenvalue weighted by atomic mass is 16.3. The van der Waals surface area contributed by atoms with Crippen molar-refractivity contribution in [3.63, 3.8) is 0 Å². The van der Waals surface area contributed by atoms with Gasteiger partial charge in [-0.15, -0.1) is 0 Å². The Morgan fingerprint density at radius 3 is 2.05 bits per heavy atom. The van der Waals surface area contributed by atoms with Gasteiger partial charge in [-0.05, 0) is 159 Å². The van der Waals surface area contributed by atoms with Crippen LogP contribution in [0.3, 0.4) is 0 Å². The second kappa shape index (κ2) is 8.52. The van der Waals surface area contributed by atoms with Crippen molar-refractivity contribution in [3.05, 3.63) is 59.7 Å². The number of aromatic hydroxyl groups is 2. The van der Waals surface area contributed by atoms with Crippen LogP contribution in [0, 0.1) is 59.2 Å². The van der Waals surface area contributed by atoms with Crippen molar-refractivity contribution < 1.29 is 10.2 Å². The predicted molar refractivity (Wildman–Crippen MR) is 147 cm³/mol. The lowest BCUT2D eigenvalue weighted by Crippen LogP contribution is -2.45. The summed E-state index contributed by atoms with van der Waals surface area (Å²) < 4.78 is 0. The third-order valence-electron chi connectivity index (χ3n) is 13.2. The molecule has 4 bridgehead atoms. The number of hydrogen-bond acceptors (Lipinski definition) is 2. The lowest BCUT2D eigenvalue weighted by atomic mass is 9.55. The molecule has 6 aliphatic carbocycles. The highest BCUT2D eigenvalue weighted by Gasteiger charge is 2.61. The van der Waals surface area contributed by atoms with E-state index in [2.05, 4.69) is 24.3 Å². The first-order chi connectivity index (χ1) is 18.1. The van der Waals surface area contributed by atoms with Gasteiger partial charge in [0.15, 0.2) is 0 Å². The van der Waals surface area contributed by atoms with E-state index in [0.717, 1.165) is 59.7 Å². The molecule has 2 heteroatoms. The fraction of sp³-hybridized carbons (Fsp3) is 0.657. The highest BCUT2D eigenvalue weighted by Crippen LogP contribution is 2.68. The van der Waals surface area contributed by atoms with Gasteiger partial charge in [0.1, 0.15) is 11.5 Å². The normalized spacial score (nSPS) is 42.7. The van der Waals surface area contributed by atoms with E-state index in [-0.39, 0.29) is 5.41 Å². The topological polar surface area (TPSA) is 40.5 Å². The molecule has 0 heterocycles. The monoisotopic (exact) mass is 496 g/mol. The summed E-state index contributed by atoms with van der Waals surface area (Å²) in [6, 6.07) is 16.6. The third-order valence-corrected chi connectivity index (χ3v) is 13.2. The van der Waals surface area contributed by atoms with Crippen LogP contribution in [-0.4, -0.2) is 10.2 Å². The maximum absolute atomic E-state index is 10.8. The smallest absolute Gasteiger partial charge is 0.115 e. The van der Waals surface area contributed by atoms with Crippen molar-refractivity contribution in [3.8, 4) is 11.5 Å². The van der Waals surface area contributed by atoms with Gasteiger partial charge in [0.25, 0.3) is 0 Å². The van der Waals surface area contributed by atoms with Gasteiger partial charge in [0.2, 0.25) is 0 Å². The molecule has 8 rings (SSSR count). The summed E-state index contributed by atoms with van der Waals surface area (Å²) in [7, 11) is 0. The Bertz CT molecular complexity index is 1170. The Labute approximate surface area is 222 Å². The lowest BCUT2D eigenvalue weighted by molar-refractivity contribution is 0.0695. The molecule has 2 aromatic rings. The summed E-state index contributed by atoms with van der Waals surface area (Å²) in [4.78, 5) is 0. The summed E-state index contributed by atoms with van der Waals surface area (Å²) in [6.45, 7) is 0. The molecule has 6 aliphatic rings. The quantitative estimate of drug-likeness (QED) is 0.424. The molecule has 6 saturated carbocycles. The molecule has 2 aromatic carbocycles. The zero-order chi connectivity index (χ0) is 24.7. The van der Waals surface area contributed by atoms with Crippen LogP contribution >= 0.6 is 0 Å². The fourth-order valence-corrected chi connectivity index (χ4v) is 12.3. The van der Waals surface area contributed by atoms with Gasteiger partial charge in [-0.25, -0.2) is 0 Å². The highest BCUT2D eigenvalue weighted by molar-refractivity contribution is 5.39. The number of hydrogen-bond donors (Lipinski definition) is 2. The largest absolute Gasteiger partial charge is 0.508 e. The van der Waals surface area contributed by atoms with E-state index < -0.39 is 0 Å². The van der Waals surface area contributed by atoms with Gasteiger partial charge in [0.05, 0.1) is 0 Å². The Balaban J connectivity index is 1.24. The van der Waals surface area contributed by atoms with Gasteiger partial charge in [-0.2, -0.15) is 0 Å². The van der Waals surface area contributed by atoms with Crippen LogP contribution < -0.4 is 0 Å². The molecule has 0 aromatic heterocycles. The molecule has 196 valence electrons. The molecule has 2 nitrogen and oxygen atoms in total. The van der Waals surface area contributed by atoms with E-state index in [1.807, 2.05) is 24.3 Å². The Kier molecular flexibility index (Phi) is 5.29. The second-order valence-electron chi connectivity index (χ2n) is 14.4. The SMILES string of the molecule is Oc1cccc(CC(CC2CC3CC2C2CCCC32)(c2cccc(O)c2)C2CC3CC2C2CCCC32)c1. The number of fused-ring (bicyclic) bond motifs is 10. The zero-order valence-electron chi connectivity index (χ0n) is 22.3. The molecule has 0 spiro atoms. The van der Waals surface area contributed by atoms with Gasteiger partial charge >= 0.3 is 0 Å². The van der Waals surface area contributed by atoms with E-state index in [1.165, 1.54) is 81.8 Å². The molecular formula is C35H44O2. The van der Waals surface area contributed by atoms with Crippen LogP contribution in [0.2, 0.25) is 0 Å². The van der Waals surface area contributed by atoms with Gasteiger partial charge in [0, 0.05) is 5.41 Å². The number of phenolic OH excluding ortho intramolecular Hbond substituents is 2. The van der Waals surface area contributed by atoms with E-state index in [9.17, 15) is 10.2 Å². The van der Waals surface area contributed by atoms with Crippen LogP contribution in [0.5, 0.6) is 11.5 Å². The number of rotatable bonds is 6. The Hall–Kier alpha value is -1.96. The zero-order valence-corrected chi connectivity index (χ0v) is 22.3. The molecule has 0 saturated heterocycles. The summed E-state index contributed by atoms with van der Waals surface area (Å²) in [5, 5.41) is 21.2. The predicted octanol–water partition coefficient (Wildman–Crippen LogP) is 8.11. The Morgan fingerprint density at radius 2 is 1.30 bits per heavy atom. The molecule has 11 unspecified atom stereocenters. The molecule has 0 radical (unpaired) electrons. The fourth-order valence-electron chi connectivity index (χ4n) is 12.3. The van der Waals surface area contributed by atoms with Crippen molar-refractivity contribution >= 4 is 0 Å². The summed E-state index contributed by atoms with van der Waals surface area (Å²) in [5.41, 5.74) is 2.70. The molecule has 37 heavy (non-hydrogen) atoms. The first-order valence-corrected chi connectivity index (χ1v) is 15.7. The molecular weight excluding hydrogens is 452 g/mol. The third kappa shape index (κ3) is 3.49. The van der Waals surface area contributed by atoms with Gasteiger partial charge < -0.3 is 10.2 Å². The van der Waals surface area contributed by atoms with E-state index in [4.69, 9.17) is 0 Å². The molecule has 6 fully saturated rings. The van der Waals surface area contributed by atoms with E-state index >= 15 is 0 Å². The molecule has 0 aliphatic heterocycles. The van der Waals surface area contributed by atoms with E-state index in [1.54, 1.807) is 0 Å². The van der Waals surface area contributed by atoms with Crippen molar-refractivity contribution in [2.45, 2.75) is 82.5 Å². The standard InChI is InChI=1S/C35H44O2/c36-26-7-1-5-21(13-26)19-35(25-6-2-8-27(37)18-25,34-17-23-16-33(34)31-12-4-10-29(23)31)20-24-14-22-15-32(24)30-11-3-9-28(22)30/h1-2,5-8,13,18,22-24,28-34,36-37H,3-4,9-12,14-17,19-20H2. The summed E-state index contributed by atoms with van der Waals surface area (Å²) >= 11 is 0. The first-order valence-electron chi connectivity index (χ1n) is 15.7. The van der Waals surface area contributed by atoms with Crippen molar-refractivity contribution in [2.24, 2.45) is 59.2 Å². The first kappa shape index (κ1) is 23.0. The van der Waals surface area contributed by atoms with Gasteiger partial charge in [-0.1, -0.05) is 37.1 Å². The minimum atomic E-state index is 0.0444. The molecule has 2 N–H and O–H groups in total. The van der Waals surface area contributed by atoms with Crippen molar-refractivity contribution in [2.75, 3.05) is 0 Å². The minimum absolute atomic E-state index is 0.0444. The maximum Gasteiger partial charge on any atom is 0.115 e. The van der Waals surface area contributed by atoms with Crippen LogP contribution in [0.4, 0.5) is 0 Å². The summed E-state index contributed by atoms with van der Waals surface area (Å²) in [5.74, 6) is 9.94.